The molecule has 0 saturated heterocycles. The number of aliphatic hydroxyl groups excluding tert-OH is 1. The van der Waals surface area contributed by atoms with Crippen LogP contribution in [-0.4, -0.2) is 35.4 Å². The smallest absolute Gasteiger partial charge is 0.320 e. The lowest BCUT2D eigenvalue weighted by molar-refractivity contribution is -0.139. The Bertz CT molecular complexity index is 446. The molecule has 0 bridgehead atoms. The molecule has 0 spiro atoms. The van der Waals surface area contributed by atoms with E-state index in [0.717, 1.165) is 11.3 Å². The zero-order chi connectivity index (χ0) is 13.2. The Kier molecular flexibility index (Phi) is 3.54. The molecule has 0 aliphatic carbocycles. The van der Waals surface area contributed by atoms with Crippen LogP contribution in [0.3, 0.4) is 0 Å². The van der Waals surface area contributed by atoms with Crippen molar-refractivity contribution in [2.45, 2.75) is 24.3 Å². The molecule has 5 N–H and O–H groups in total. The van der Waals surface area contributed by atoms with Crippen molar-refractivity contribution in [3.63, 3.8) is 0 Å². The quantitative estimate of drug-likeness (QED) is 0.611. The average molecular weight is 250 g/mol. The number of nitrogens with two attached hydrogens (primary N) is 1. The zero-order valence-electron chi connectivity index (χ0n) is 10.1. The van der Waals surface area contributed by atoms with Gasteiger partial charge >= 0.3 is 5.97 Å². The molecule has 0 radical (unpaired) electrons. The van der Waals surface area contributed by atoms with Crippen LogP contribution in [0, 0.1) is 0 Å². The molecular formula is C13H18N2O3. The molecule has 18 heavy (non-hydrogen) atoms. The second-order valence-corrected chi connectivity index (χ2v) is 4.80. The fraction of sp³-hybridized carbons (Fsp3) is 0.462. The van der Waals surface area contributed by atoms with Crippen LogP contribution in [0.4, 0.5) is 5.69 Å². The summed E-state index contributed by atoms with van der Waals surface area (Å²) < 4.78 is 0. The number of hydrogen-bond donors (Lipinski definition) is 4. The molecule has 0 unspecified atom stereocenters. The average Bonchev–Trinajstić information content (AvgIpc) is 2.69. The molecule has 0 aromatic heterocycles. The number of carboxylic acid groups (broad SMARTS) is 1. The van der Waals surface area contributed by atoms with Crippen molar-refractivity contribution in [2.24, 2.45) is 5.73 Å². The van der Waals surface area contributed by atoms with Gasteiger partial charge in [-0.25, -0.2) is 0 Å². The van der Waals surface area contributed by atoms with Gasteiger partial charge in [-0.05, 0) is 24.5 Å². The molecule has 1 heterocycles. The molecule has 1 aliphatic heterocycles. The molecule has 1 aliphatic rings. The van der Waals surface area contributed by atoms with Crippen molar-refractivity contribution >= 4 is 11.7 Å². The van der Waals surface area contributed by atoms with E-state index in [1.165, 1.54) is 0 Å². The number of aliphatic hydroxyl groups is 1. The van der Waals surface area contributed by atoms with Crippen molar-refractivity contribution in [1.29, 1.82) is 0 Å². The van der Waals surface area contributed by atoms with E-state index in [9.17, 15) is 9.90 Å². The van der Waals surface area contributed by atoms with Gasteiger partial charge in [0, 0.05) is 24.3 Å². The fourth-order valence-electron chi connectivity index (χ4n) is 2.69. The highest BCUT2D eigenvalue weighted by Crippen LogP contribution is 2.42. The lowest BCUT2D eigenvalue weighted by Gasteiger charge is -2.30. The number of hydrogen-bond acceptors (Lipinski definition) is 4. The van der Waals surface area contributed by atoms with Gasteiger partial charge in [0.25, 0.3) is 0 Å². The molecular weight excluding hydrogens is 232 g/mol. The summed E-state index contributed by atoms with van der Waals surface area (Å²) >= 11 is 0. The summed E-state index contributed by atoms with van der Waals surface area (Å²) in [5.74, 6) is -1.00. The molecule has 98 valence electrons. The number of carboxylic acids is 1. The van der Waals surface area contributed by atoms with E-state index in [1.54, 1.807) is 0 Å². The third-order valence-corrected chi connectivity index (χ3v) is 3.63. The van der Waals surface area contributed by atoms with E-state index in [1.807, 2.05) is 24.3 Å². The third-order valence-electron chi connectivity index (χ3n) is 3.63. The van der Waals surface area contributed by atoms with Crippen molar-refractivity contribution < 1.29 is 15.0 Å². The lowest BCUT2D eigenvalue weighted by Crippen LogP contribution is -2.41. The number of rotatable bonds is 5. The van der Waals surface area contributed by atoms with E-state index in [-0.39, 0.29) is 12.0 Å². The maximum atomic E-state index is 10.9. The van der Waals surface area contributed by atoms with Crippen LogP contribution >= 0.6 is 0 Å². The number of fused-ring (bicyclic) bond motifs is 1. The summed E-state index contributed by atoms with van der Waals surface area (Å²) in [6, 6.07) is 6.87. The number of benzene rings is 1. The predicted molar refractivity (Wildman–Crippen MR) is 68.5 cm³/mol. The molecule has 2 rings (SSSR count). The minimum absolute atomic E-state index is 0.0162. The number of carbonyl (C=O) groups is 1. The first-order valence-electron chi connectivity index (χ1n) is 6.02. The van der Waals surface area contributed by atoms with E-state index >= 15 is 0 Å². The molecule has 1 aromatic rings. The summed E-state index contributed by atoms with van der Waals surface area (Å²) in [5.41, 5.74) is 7.33. The van der Waals surface area contributed by atoms with Gasteiger partial charge in [0.1, 0.15) is 6.04 Å². The fourth-order valence-corrected chi connectivity index (χ4v) is 2.69. The first-order chi connectivity index (χ1) is 8.59. The molecule has 5 heteroatoms. The summed E-state index contributed by atoms with van der Waals surface area (Å²) in [5, 5.41) is 21.5. The Morgan fingerprint density at radius 1 is 1.50 bits per heavy atom. The zero-order valence-corrected chi connectivity index (χ0v) is 10.1. The van der Waals surface area contributed by atoms with E-state index < -0.39 is 12.0 Å². The van der Waals surface area contributed by atoms with E-state index in [2.05, 4.69) is 5.32 Å². The minimum Gasteiger partial charge on any atom is -0.480 e. The van der Waals surface area contributed by atoms with Gasteiger partial charge < -0.3 is 21.3 Å². The number of anilines is 1. The van der Waals surface area contributed by atoms with Crippen LogP contribution < -0.4 is 11.1 Å². The Morgan fingerprint density at radius 3 is 2.89 bits per heavy atom. The topological polar surface area (TPSA) is 95.6 Å². The van der Waals surface area contributed by atoms with Gasteiger partial charge in [-0.1, -0.05) is 18.2 Å². The van der Waals surface area contributed by atoms with Crippen molar-refractivity contribution in [3.8, 4) is 0 Å². The highest BCUT2D eigenvalue weighted by atomic mass is 16.4. The van der Waals surface area contributed by atoms with Gasteiger partial charge in [-0.2, -0.15) is 0 Å². The van der Waals surface area contributed by atoms with Crippen LogP contribution in [0.25, 0.3) is 0 Å². The second-order valence-electron chi connectivity index (χ2n) is 4.80. The largest absolute Gasteiger partial charge is 0.480 e. The second kappa shape index (κ2) is 4.96. The van der Waals surface area contributed by atoms with Crippen LogP contribution in [0.15, 0.2) is 24.3 Å². The molecule has 0 amide bonds. The van der Waals surface area contributed by atoms with Gasteiger partial charge in [-0.3, -0.25) is 4.79 Å². The lowest BCUT2D eigenvalue weighted by atomic mass is 9.74. The summed E-state index contributed by atoms with van der Waals surface area (Å²) in [7, 11) is 0. The normalized spacial score (nSPS) is 23.2. The highest BCUT2D eigenvalue weighted by Gasteiger charge is 2.40. The highest BCUT2D eigenvalue weighted by molar-refractivity contribution is 5.74. The third kappa shape index (κ3) is 2.19. The maximum absolute atomic E-state index is 10.9. The molecule has 0 saturated carbocycles. The van der Waals surface area contributed by atoms with Gasteiger partial charge in [0.05, 0.1) is 0 Å². The van der Waals surface area contributed by atoms with Crippen molar-refractivity contribution in [2.75, 3.05) is 18.5 Å². The van der Waals surface area contributed by atoms with Crippen molar-refractivity contribution in [3.05, 3.63) is 29.8 Å². The van der Waals surface area contributed by atoms with Gasteiger partial charge in [0.15, 0.2) is 0 Å². The van der Waals surface area contributed by atoms with Crippen LogP contribution in [0.1, 0.15) is 18.4 Å². The maximum Gasteiger partial charge on any atom is 0.320 e. The Morgan fingerprint density at radius 2 is 2.22 bits per heavy atom. The molecule has 5 nitrogen and oxygen atoms in total. The van der Waals surface area contributed by atoms with Crippen LogP contribution in [0.2, 0.25) is 0 Å². The standard InChI is InChI=1S/C13H18N2O3/c14-10(12(17)18)7-13(5-6-16)8-15-11-4-2-1-3-9(11)13/h1-4,10,15-16H,5-8,14H2,(H,17,18)/t10-,13+/m0/s1. The van der Waals surface area contributed by atoms with Crippen LogP contribution in [0.5, 0.6) is 0 Å². The summed E-state index contributed by atoms with van der Waals surface area (Å²) in [4.78, 5) is 10.9. The summed E-state index contributed by atoms with van der Waals surface area (Å²) in [6.45, 7) is 0.635. The van der Waals surface area contributed by atoms with Gasteiger partial charge in [0.2, 0.25) is 0 Å². The Hall–Kier alpha value is -1.59. The first kappa shape index (κ1) is 12.9. The SMILES string of the molecule is N[C@@H](C[C@]1(CCO)CNc2ccccc21)C(=O)O. The molecule has 1 aromatic carbocycles. The van der Waals surface area contributed by atoms with Gasteiger partial charge in [-0.15, -0.1) is 0 Å². The number of nitrogens with one attached hydrogen (secondary N) is 1. The Labute approximate surface area is 106 Å². The van der Waals surface area contributed by atoms with E-state index in [4.69, 9.17) is 10.8 Å². The summed E-state index contributed by atoms with van der Waals surface area (Å²) in [6.07, 6.45) is 0.838. The molecule has 2 atom stereocenters. The minimum atomic E-state index is -1.00. The van der Waals surface area contributed by atoms with Crippen LogP contribution in [-0.2, 0) is 10.2 Å². The molecule has 0 fully saturated rings. The van der Waals surface area contributed by atoms with Crippen molar-refractivity contribution in [1.82, 2.24) is 0 Å². The number of para-hydroxylation sites is 1. The first-order valence-corrected chi connectivity index (χ1v) is 6.02. The monoisotopic (exact) mass is 250 g/mol. The number of aliphatic carboxylic acids is 1. The predicted octanol–water partition coefficient (Wildman–Crippen LogP) is 0.534. The Balaban J connectivity index is 2.32. The van der Waals surface area contributed by atoms with E-state index in [0.29, 0.717) is 19.4 Å².